The number of unbranched alkanes of at least 4 members (excludes halogenated alkanes) is 2. The Balaban J connectivity index is 1.25. The van der Waals surface area contributed by atoms with Gasteiger partial charge in [-0.15, -0.1) is 0 Å². The second-order valence-electron chi connectivity index (χ2n) is 10.7. The second-order valence-corrected chi connectivity index (χ2v) is 10.7. The molecule has 0 aliphatic carbocycles. The number of rotatable bonds is 15. The van der Waals surface area contributed by atoms with E-state index < -0.39 is 5.97 Å². The number of ketones is 1. The van der Waals surface area contributed by atoms with E-state index in [9.17, 15) is 9.59 Å². The average Bonchev–Trinajstić information content (AvgIpc) is 3.29. The Morgan fingerprint density at radius 3 is 2.31 bits per heavy atom. The Morgan fingerprint density at radius 1 is 0.846 bits per heavy atom. The third-order valence-corrected chi connectivity index (χ3v) is 6.99. The highest BCUT2D eigenvalue weighted by Crippen LogP contribution is 2.23. The zero-order valence-electron chi connectivity index (χ0n) is 23.1. The molecule has 0 aliphatic rings. The van der Waals surface area contributed by atoms with Crippen LogP contribution in [-0.4, -0.2) is 27.9 Å². The summed E-state index contributed by atoms with van der Waals surface area (Å²) in [7, 11) is 0. The first-order valence-electron chi connectivity index (χ1n) is 14.1. The topological polar surface area (TPSA) is 68.0 Å². The molecule has 39 heavy (non-hydrogen) atoms. The smallest absolute Gasteiger partial charge is 0.303 e. The molecule has 2 heterocycles. The van der Waals surface area contributed by atoms with Gasteiger partial charge >= 0.3 is 5.97 Å². The van der Waals surface area contributed by atoms with Crippen LogP contribution in [-0.2, 0) is 24.1 Å². The number of pyridine rings is 1. The molecule has 0 spiro atoms. The molecule has 0 bridgehead atoms. The van der Waals surface area contributed by atoms with Crippen LogP contribution in [0.25, 0.3) is 5.52 Å². The summed E-state index contributed by atoms with van der Waals surface area (Å²) in [4.78, 5) is 24.2. The number of hydrogen-bond acceptors (Lipinski definition) is 3. The van der Waals surface area contributed by atoms with Crippen LogP contribution in [0.2, 0.25) is 0 Å². The number of carbonyl (C=O) groups is 2. The number of carboxylic acids is 1. The van der Waals surface area contributed by atoms with E-state index in [0.29, 0.717) is 36.5 Å². The predicted octanol–water partition coefficient (Wildman–Crippen LogP) is 7.57. The Hall–Kier alpha value is -3.86. The van der Waals surface area contributed by atoms with Gasteiger partial charge in [0, 0.05) is 29.4 Å². The van der Waals surface area contributed by atoms with E-state index in [1.807, 2.05) is 59.1 Å². The summed E-state index contributed by atoms with van der Waals surface area (Å²) in [6.07, 6.45) is 8.63. The minimum atomic E-state index is -0.808. The lowest BCUT2D eigenvalue weighted by atomic mass is 10.00. The molecule has 0 atom stereocenters. The number of aromatic nitrogens is 1. The van der Waals surface area contributed by atoms with E-state index in [0.717, 1.165) is 49.1 Å². The second kappa shape index (κ2) is 13.8. The Bertz CT molecular complexity index is 1370. The van der Waals surface area contributed by atoms with Gasteiger partial charge in [0.25, 0.3) is 0 Å². The van der Waals surface area contributed by atoms with Crippen LogP contribution in [0.15, 0.2) is 79.0 Å². The predicted molar refractivity (Wildman–Crippen MR) is 156 cm³/mol. The lowest BCUT2D eigenvalue weighted by Gasteiger charge is -2.08. The van der Waals surface area contributed by atoms with Crippen molar-refractivity contribution < 1.29 is 19.4 Å². The van der Waals surface area contributed by atoms with E-state index in [1.165, 1.54) is 11.1 Å². The molecule has 0 amide bonds. The molecular formula is C34H39NO4. The molecule has 5 heteroatoms. The number of hydrogen-bond donors (Lipinski definition) is 1. The van der Waals surface area contributed by atoms with E-state index in [4.69, 9.17) is 9.84 Å². The summed E-state index contributed by atoms with van der Waals surface area (Å²) in [5, 5.41) is 8.96. The highest BCUT2D eigenvalue weighted by atomic mass is 16.5. The number of carbonyl (C=O) groups excluding carboxylic acids is 1. The van der Waals surface area contributed by atoms with Gasteiger partial charge in [0.15, 0.2) is 5.78 Å². The van der Waals surface area contributed by atoms with Crippen LogP contribution in [0.1, 0.15) is 78.7 Å². The summed E-state index contributed by atoms with van der Waals surface area (Å²) in [5.41, 5.74) is 5.82. The number of aliphatic carboxylic acids is 1. The zero-order valence-corrected chi connectivity index (χ0v) is 23.1. The minimum Gasteiger partial charge on any atom is -0.494 e. The molecule has 4 rings (SSSR count). The third-order valence-electron chi connectivity index (χ3n) is 6.99. The van der Waals surface area contributed by atoms with Crippen LogP contribution in [0, 0.1) is 5.92 Å². The van der Waals surface area contributed by atoms with Gasteiger partial charge in [0.1, 0.15) is 5.75 Å². The van der Waals surface area contributed by atoms with Crippen molar-refractivity contribution >= 4 is 17.3 Å². The van der Waals surface area contributed by atoms with E-state index in [2.05, 4.69) is 38.1 Å². The lowest BCUT2D eigenvalue weighted by molar-refractivity contribution is -0.137. The number of nitrogens with zero attached hydrogens (tertiary/aromatic N) is 1. The largest absolute Gasteiger partial charge is 0.494 e. The fraction of sp³-hybridized carbons (Fsp3) is 0.353. The van der Waals surface area contributed by atoms with Gasteiger partial charge in [-0.05, 0) is 104 Å². The van der Waals surface area contributed by atoms with Crippen molar-refractivity contribution in [3.63, 3.8) is 0 Å². The summed E-state index contributed by atoms with van der Waals surface area (Å²) in [5.74, 6) is 0.594. The maximum Gasteiger partial charge on any atom is 0.303 e. The van der Waals surface area contributed by atoms with E-state index >= 15 is 0 Å². The molecule has 2 aromatic carbocycles. The van der Waals surface area contributed by atoms with E-state index in [-0.39, 0.29) is 12.2 Å². The number of benzene rings is 2. The summed E-state index contributed by atoms with van der Waals surface area (Å²) in [6.45, 7) is 5.16. The Morgan fingerprint density at radius 2 is 1.59 bits per heavy atom. The molecule has 0 saturated heterocycles. The molecule has 0 saturated carbocycles. The zero-order chi connectivity index (χ0) is 27.6. The first kappa shape index (κ1) is 28.2. The summed E-state index contributed by atoms with van der Waals surface area (Å²) >= 11 is 0. The van der Waals surface area contributed by atoms with Gasteiger partial charge in [0.05, 0.1) is 12.1 Å². The molecule has 0 fully saturated rings. The Labute approximate surface area is 231 Å². The quantitative estimate of drug-likeness (QED) is 0.128. The van der Waals surface area contributed by atoms with Gasteiger partial charge in [-0.25, -0.2) is 0 Å². The molecule has 0 aliphatic heterocycles. The molecule has 2 aromatic heterocycles. The number of aryl methyl sites for hydroxylation is 2. The van der Waals surface area contributed by atoms with Gasteiger partial charge in [-0.3, -0.25) is 9.59 Å². The monoisotopic (exact) mass is 525 g/mol. The number of fused-ring (bicyclic) bond motifs is 1. The number of carboxylic acid groups (broad SMARTS) is 1. The Kier molecular flexibility index (Phi) is 9.96. The van der Waals surface area contributed by atoms with Crippen molar-refractivity contribution in [3.05, 3.63) is 107 Å². The van der Waals surface area contributed by atoms with Gasteiger partial charge < -0.3 is 14.2 Å². The molecule has 0 radical (unpaired) electrons. The highest BCUT2D eigenvalue weighted by molar-refractivity contribution is 6.13. The van der Waals surface area contributed by atoms with Gasteiger partial charge in [0.2, 0.25) is 0 Å². The molecule has 5 nitrogen and oxygen atoms in total. The SMILES string of the molecule is CC(C)Cc1ccc(CCCCCOc2ccc(C(=O)c3cc(CCCC(=O)O)n4ccccc34)cc2)cc1. The van der Waals surface area contributed by atoms with Gasteiger partial charge in [-0.2, -0.15) is 0 Å². The lowest BCUT2D eigenvalue weighted by Crippen LogP contribution is -2.02. The van der Waals surface area contributed by atoms with Crippen molar-refractivity contribution in [1.29, 1.82) is 0 Å². The maximum absolute atomic E-state index is 13.3. The number of ether oxygens (including phenoxy) is 1. The van der Waals surface area contributed by atoms with Crippen LogP contribution in [0.4, 0.5) is 0 Å². The van der Waals surface area contributed by atoms with Gasteiger partial charge in [-0.1, -0.05) is 44.2 Å². The average molecular weight is 526 g/mol. The summed E-state index contributed by atoms with van der Waals surface area (Å²) in [6, 6.07) is 24.0. The highest BCUT2D eigenvalue weighted by Gasteiger charge is 2.17. The molecule has 204 valence electrons. The standard InChI is InChI=1S/C34H39NO4/c1-25(2)23-27-15-13-26(14-16-27)9-4-3-7-22-39-30-19-17-28(18-20-30)34(38)31-24-29(10-8-12-33(36)37)35-21-6-5-11-32(31)35/h5-6,11,13-21,24-25H,3-4,7-10,12,22-23H2,1-2H3,(H,36,37). The van der Waals surface area contributed by atoms with Crippen molar-refractivity contribution in [2.45, 2.75) is 65.2 Å². The van der Waals surface area contributed by atoms with Crippen molar-refractivity contribution in [2.24, 2.45) is 5.92 Å². The molecular weight excluding hydrogens is 486 g/mol. The van der Waals surface area contributed by atoms with Crippen LogP contribution >= 0.6 is 0 Å². The fourth-order valence-electron chi connectivity index (χ4n) is 4.99. The van der Waals surface area contributed by atoms with Crippen LogP contribution in [0.3, 0.4) is 0 Å². The first-order valence-corrected chi connectivity index (χ1v) is 14.1. The van der Waals surface area contributed by atoms with Crippen LogP contribution < -0.4 is 4.74 Å². The third kappa shape index (κ3) is 8.06. The molecule has 0 unspecified atom stereocenters. The maximum atomic E-state index is 13.3. The van der Waals surface area contributed by atoms with Crippen molar-refractivity contribution in [1.82, 2.24) is 4.40 Å². The van der Waals surface area contributed by atoms with Crippen molar-refractivity contribution in [2.75, 3.05) is 6.61 Å². The molecule has 1 N–H and O–H groups in total. The van der Waals surface area contributed by atoms with Crippen LogP contribution in [0.5, 0.6) is 5.75 Å². The summed E-state index contributed by atoms with van der Waals surface area (Å²) < 4.78 is 7.91. The van der Waals surface area contributed by atoms with Crippen molar-refractivity contribution in [3.8, 4) is 5.75 Å². The van der Waals surface area contributed by atoms with E-state index in [1.54, 1.807) is 0 Å². The molecule has 4 aromatic rings. The fourth-order valence-corrected chi connectivity index (χ4v) is 4.99. The normalized spacial score (nSPS) is 11.3. The first-order chi connectivity index (χ1) is 18.9. The minimum absolute atomic E-state index is 0.0491.